The minimum Gasteiger partial charge on any atom is -0.465 e. The van der Waals surface area contributed by atoms with E-state index >= 15 is 0 Å². The number of aryl methyl sites for hydroxylation is 1. The lowest BCUT2D eigenvalue weighted by atomic mass is 10.1. The first-order valence-electron chi connectivity index (χ1n) is 7.11. The van der Waals surface area contributed by atoms with Crippen LogP contribution in [-0.4, -0.2) is 18.2 Å². The van der Waals surface area contributed by atoms with Gasteiger partial charge >= 0.3 is 5.97 Å². The molecule has 0 saturated carbocycles. The fraction of sp³-hybridized carbons (Fsp3) is 0.250. The molecular weight excluding hydrogens is 415 g/mol. The molecule has 4 nitrogen and oxygen atoms in total. The number of carbonyl (C=O) groups is 1. The summed E-state index contributed by atoms with van der Waals surface area (Å²) in [4.78, 5) is 13.1. The first kappa shape index (κ1) is 18.8. The van der Waals surface area contributed by atoms with Gasteiger partial charge < -0.3 is 15.4 Å². The summed E-state index contributed by atoms with van der Waals surface area (Å²) < 4.78 is 19.4. The standard InChI is InChI=1S/C16H16BrFN2O2S2/c1-4-10-8(2)24-14(13(10)15(21)22-3)20-16(23)19-12-6-5-9(17)7-11(12)18/h5-7H,4H2,1-3H3,(H2,19,20,23). The molecule has 0 saturated heterocycles. The Morgan fingerprint density at radius 3 is 2.71 bits per heavy atom. The Morgan fingerprint density at radius 2 is 2.12 bits per heavy atom. The molecule has 0 aliphatic rings. The smallest absolute Gasteiger partial charge is 0.341 e. The van der Waals surface area contributed by atoms with E-state index in [1.807, 2.05) is 13.8 Å². The van der Waals surface area contributed by atoms with Crippen LogP contribution in [0.5, 0.6) is 0 Å². The lowest BCUT2D eigenvalue weighted by molar-refractivity contribution is 0.0601. The van der Waals surface area contributed by atoms with Gasteiger partial charge in [0.2, 0.25) is 0 Å². The van der Waals surface area contributed by atoms with E-state index in [2.05, 4.69) is 26.6 Å². The molecule has 8 heteroatoms. The maximum Gasteiger partial charge on any atom is 0.341 e. The quantitative estimate of drug-likeness (QED) is 0.520. The predicted octanol–water partition coefficient (Wildman–Crippen LogP) is 5.12. The summed E-state index contributed by atoms with van der Waals surface area (Å²) in [6.45, 7) is 3.91. The third-order valence-corrected chi connectivity index (χ3v) is 5.12. The summed E-state index contributed by atoms with van der Waals surface area (Å²) in [6.07, 6.45) is 0.704. The monoisotopic (exact) mass is 430 g/mol. The molecule has 128 valence electrons. The van der Waals surface area contributed by atoms with E-state index in [1.165, 1.54) is 24.5 Å². The van der Waals surface area contributed by atoms with Gasteiger partial charge in [-0.15, -0.1) is 11.3 Å². The van der Waals surface area contributed by atoms with Gasteiger partial charge in [-0.2, -0.15) is 0 Å². The van der Waals surface area contributed by atoms with E-state index in [4.69, 9.17) is 17.0 Å². The van der Waals surface area contributed by atoms with Crippen LogP contribution in [0.3, 0.4) is 0 Å². The summed E-state index contributed by atoms with van der Waals surface area (Å²) in [5, 5.41) is 6.56. The molecule has 0 spiro atoms. The van der Waals surface area contributed by atoms with Crippen molar-refractivity contribution in [2.45, 2.75) is 20.3 Å². The van der Waals surface area contributed by atoms with Gasteiger partial charge in [0.15, 0.2) is 5.11 Å². The van der Waals surface area contributed by atoms with Crippen LogP contribution in [0.4, 0.5) is 15.1 Å². The van der Waals surface area contributed by atoms with E-state index in [0.29, 0.717) is 21.5 Å². The average Bonchev–Trinajstić information content (AvgIpc) is 2.84. The summed E-state index contributed by atoms with van der Waals surface area (Å²) >= 11 is 9.85. The highest BCUT2D eigenvalue weighted by Crippen LogP contribution is 2.34. The highest BCUT2D eigenvalue weighted by atomic mass is 79.9. The highest BCUT2D eigenvalue weighted by molar-refractivity contribution is 9.10. The first-order valence-corrected chi connectivity index (χ1v) is 9.12. The first-order chi connectivity index (χ1) is 11.4. The minimum absolute atomic E-state index is 0.199. The molecule has 2 rings (SSSR count). The van der Waals surface area contributed by atoms with Gasteiger partial charge in [-0.25, -0.2) is 9.18 Å². The SMILES string of the molecule is CCc1c(C)sc(NC(=S)Nc2ccc(Br)cc2F)c1C(=O)OC. The van der Waals surface area contributed by atoms with Crippen LogP contribution in [0, 0.1) is 12.7 Å². The van der Waals surface area contributed by atoms with E-state index in [-0.39, 0.29) is 10.8 Å². The Hall–Kier alpha value is -1.51. The fourth-order valence-corrected chi connectivity index (χ4v) is 4.01. The van der Waals surface area contributed by atoms with Crippen molar-refractivity contribution in [1.29, 1.82) is 0 Å². The van der Waals surface area contributed by atoms with Crippen molar-refractivity contribution in [3.8, 4) is 0 Å². The Bertz CT molecular complexity index is 793. The molecule has 0 unspecified atom stereocenters. The summed E-state index contributed by atoms with van der Waals surface area (Å²) in [5.41, 5.74) is 1.65. The molecule has 1 aromatic carbocycles. The van der Waals surface area contributed by atoms with Crippen LogP contribution >= 0.6 is 39.5 Å². The Morgan fingerprint density at radius 1 is 1.42 bits per heavy atom. The third kappa shape index (κ3) is 4.12. The summed E-state index contributed by atoms with van der Waals surface area (Å²) in [5.74, 6) is -0.852. The minimum atomic E-state index is -0.432. The zero-order valence-electron chi connectivity index (χ0n) is 13.3. The van der Waals surface area contributed by atoms with Crippen molar-refractivity contribution in [2.24, 2.45) is 0 Å². The van der Waals surface area contributed by atoms with Crippen molar-refractivity contribution in [3.05, 3.63) is 44.5 Å². The summed E-state index contributed by atoms with van der Waals surface area (Å²) in [7, 11) is 1.34. The van der Waals surface area contributed by atoms with E-state index in [9.17, 15) is 9.18 Å². The molecule has 1 heterocycles. The number of hydrogen-bond acceptors (Lipinski definition) is 4. The second-order valence-corrected chi connectivity index (χ2v) is 7.44. The number of benzene rings is 1. The van der Waals surface area contributed by atoms with E-state index < -0.39 is 11.8 Å². The van der Waals surface area contributed by atoms with Gasteiger partial charge in [0.25, 0.3) is 0 Å². The Kier molecular flexibility index (Phi) is 6.31. The van der Waals surface area contributed by atoms with Crippen LogP contribution in [0.25, 0.3) is 0 Å². The number of methoxy groups -OCH3 is 1. The number of nitrogens with one attached hydrogen (secondary N) is 2. The molecular formula is C16H16BrFN2O2S2. The van der Waals surface area contributed by atoms with E-state index in [1.54, 1.807) is 12.1 Å². The number of anilines is 2. The number of ether oxygens (including phenoxy) is 1. The molecule has 0 aliphatic heterocycles. The number of carbonyl (C=O) groups excluding carboxylic acids is 1. The zero-order valence-corrected chi connectivity index (χ0v) is 16.5. The van der Waals surface area contributed by atoms with Crippen LogP contribution in [-0.2, 0) is 11.2 Å². The molecule has 2 aromatic rings. The molecule has 0 fully saturated rings. The Balaban J connectivity index is 2.24. The topological polar surface area (TPSA) is 50.4 Å². The Labute approximate surface area is 157 Å². The van der Waals surface area contributed by atoms with Crippen LogP contribution in [0.1, 0.15) is 27.7 Å². The van der Waals surface area contributed by atoms with Crippen molar-refractivity contribution >= 4 is 61.3 Å². The lowest BCUT2D eigenvalue weighted by Gasteiger charge is -2.11. The van der Waals surface area contributed by atoms with E-state index in [0.717, 1.165) is 10.4 Å². The van der Waals surface area contributed by atoms with Gasteiger partial charge in [0.1, 0.15) is 10.8 Å². The zero-order chi connectivity index (χ0) is 17.9. The molecule has 1 aromatic heterocycles. The molecule has 0 atom stereocenters. The second-order valence-electron chi connectivity index (χ2n) is 4.89. The predicted molar refractivity (Wildman–Crippen MR) is 104 cm³/mol. The second kappa shape index (κ2) is 8.04. The van der Waals surface area contributed by atoms with Crippen LogP contribution < -0.4 is 10.6 Å². The van der Waals surface area contributed by atoms with Crippen molar-refractivity contribution in [1.82, 2.24) is 0 Å². The van der Waals surface area contributed by atoms with Gasteiger partial charge in [-0.05, 0) is 49.3 Å². The van der Waals surface area contributed by atoms with Gasteiger partial charge in [-0.3, -0.25) is 0 Å². The van der Waals surface area contributed by atoms with Gasteiger partial charge in [-0.1, -0.05) is 22.9 Å². The molecule has 0 radical (unpaired) electrons. The summed E-state index contributed by atoms with van der Waals surface area (Å²) in [6, 6.07) is 4.62. The van der Waals surface area contributed by atoms with Crippen LogP contribution in [0.15, 0.2) is 22.7 Å². The average molecular weight is 431 g/mol. The number of esters is 1. The molecule has 2 N–H and O–H groups in total. The number of thiophene rings is 1. The number of rotatable bonds is 4. The molecule has 0 amide bonds. The van der Waals surface area contributed by atoms with Crippen molar-refractivity contribution in [2.75, 3.05) is 17.7 Å². The largest absolute Gasteiger partial charge is 0.465 e. The number of hydrogen-bond donors (Lipinski definition) is 2. The van der Waals surface area contributed by atoms with Crippen LogP contribution in [0.2, 0.25) is 0 Å². The number of halogens is 2. The van der Waals surface area contributed by atoms with Crippen molar-refractivity contribution < 1.29 is 13.9 Å². The highest BCUT2D eigenvalue weighted by Gasteiger charge is 2.22. The fourth-order valence-electron chi connectivity index (χ4n) is 2.26. The van der Waals surface area contributed by atoms with Gasteiger partial charge in [0, 0.05) is 9.35 Å². The molecule has 24 heavy (non-hydrogen) atoms. The number of thiocarbonyl (C=S) groups is 1. The third-order valence-electron chi connectivity index (χ3n) is 3.36. The van der Waals surface area contributed by atoms with Gasteiger partial charge in [0.05, 0.1) is 18.4 Å². The maximum absolute atomic E-state index is 13.9. The maximum atomic E-state index is 13.9. The molecule has 0 aliphatic carbocycles. The molecule has 0 bridgehead atoms. The normalized spacial score (nSPS) is 10.4. The lowest BCUT2D eigenvalue weighted by Crippen LogP contribution is -2.20. The van der Waals surface area contributed by atoms with Crippen molar-refractivity contribution in [3.63, 3.8) is 0 Å².